The van der Waals surface area contributed by atoms with E-state index in [0.29, 0.717) is 25.1 Å². The van der Waals surface area contributed by atoms with Crippen LogP contribution in [0.2, 0.25) is 0 Å². The third kappa shape index (κ3) is 4.93. The molecule has 0 unspecified atom stereocenters. The fourth-order valence-corrected chi connectivity index (χ4v) is 2.50. The van der Waals surface area contributed by atoms with E-state index in [2.05, 4.69) is 5.32 Å². The average molecular weight is 327 g/mol. The van der Waals surface area contributed by atoms with Gasteiger partial charge in [0.1, 0.15) is 0 Å². The number of aromatic carboxylic acids is 1. The molecule has 0 aliphatic rings. The summed E-state index contributed by atoms with van der Waals surface area (Å²) in [6.45, 7) is 0.928. The van der Waals surface area contributed by atoms with E-state index in [9.17, 15) is 9.59 Å². The predicted octanol–water partition coefficient (Wildman–Crippen LogP) is 2.78. The zero-order valence-corrected chi connectivity index (χ0v) is 13.6. The number of benzene rings is 2. The number of nitrogens with one attached hydrogen (secondary N) is 1. The Morgan fingerprint density at radius 2 is 1.62 bits per heavy atom. The molecular formula is C19H21NO4. The summed E-state index contributed by atoms with van der Waals surface area (Å²) in [6.07, 6.45) is 0.644. The summed E-state index contributed by atoms with van der Waals surface area (Å²) in [4.78, 5) is 23.2. The Kier molecular flexibility index (Phi) is 6.51. The van der Waals surface area contributed by atoms with Crippen molar-refractivity contribution in [1.29, 1.82) is 0 Å². The Labute approximate surface area is 141 Å². The SMILES string of the molecule is COCc1ccccc1CNC(=O)CCc1ccccc1C(=O)O. The van der Waals surface area contributed by atoms with Gasteiger partial charge in [-0.05, 0) is 29.2 Å². The molecule has 0 spiro atoms. The zero-order chi connectivity index (χ0) is 17.4. The Morgan fingerprint density at radius 1 is 1.00 bits per heavy atom. The Bertz CT molecular complexity index is 712. The number of ether oxygens (including phenoxy) is 1. The molecule has 0 saturated carbocycles. The highest BCUT2D eigenvalue weighted by atomic mass is 16.5. The average Bonchev–Trinajstić information content (AvgIpc) is 2.59. The highest BCUT2D eigenvalue weighted by Gasteiger charge is 2.11. The number of carboxylic acids is 1. The van der Waals surface area contributed by atoms with Gasteiger partial charge in [-0.1, -0.05) is 42.5 Å². The van der Waals surface area contributed by atoms with Crippen LogP contribution in [0.4, 0.5) is 0 Å². The molecule has 5 nitrogen and oxygen atoms in total. The fraction of sp³-hybridized carbons (Fsp3) is 0.263. The van der Waals surface area contributed by atoms with Crippen LogP contribution in [0, 0.1) is 0 Å². The largest absolute Gasteiger partial charge is 0.478 e. The quantitative estimate of drug-likeness (QED) is 0.782. The second-order valence-corrected chi connectivity index (χ2v) is 5.44. The van der Waals surface area contributed by atoms with Crippen molar-refractivity contribution < 1.29 is 19.4 Å². The van der Waals surface area contributed by atoms with Crippen molar-refractivity contribution in [3.05, 3.63) is 70.8 Å². The third-order valence-electron chi connectivity index (χ3n) is 3.76. The van der Waals surface area contributed by atoms with Crippen molar-refractivity contribution in [2.75, 3.05) is 7.11 Å². The molecular weight excluding hydrogens is 306 g/mol. The minimum Gasteiger partial charge on any atom is -0.478 e. The van der Waals surface area contributed by atoms with E-state index in [1.807, 2.05) is 24.3 Å². The zero-order valence-electron chi connectivity index (χ0n) is 13.6. The monoisotopic (exact) mass is 327 g/mol. The van der Waals surface area contributed by atoms with Crippen LogP contribution in [0.15, 0.2) is 48.5 Å². The topological polar surface area (TPSA) is 75.6 Å². The normalized spacial score (nSPS) is 10.4. The standard InChI is InChI=1S/C19H21NO4/c1-24-13-16-8-3-2-7-15(16)12-20-18(21)11-10-14-6-4-5-9-17(14)19(22)23/h2-9H,10-13H2,1H3,(H,20,21)(H,22,23). The molecule has 0 bridgehead atoms. The first-order valence-corrected chi connectivity index (χ1v) is 7.75. The minimum absolute atomic E-state index is 0.109. The van der Waals surface area contributed by atoms with Gasteiger partial charge in [0.15, 0.2) is 0 Å². The molecule has 2 N–H and O–H groups in total. The summed E-state index contributed by atoms with van der Waals surface area (Å²) >= 11 is 0. The van der Waals surface area contributed by atoms with Gasteiger partial charge in [-0.2, -0.15) is 0 Å². The van der Waals surface area contributed by atoms with E-state index in [1.54, 1.807) is 31.4 Å². The molecule has 5 heteroatoms. The van der Waals surface area contributed by atoms with E-state index in [0.717, 1.165) is 11.1 Å². The van der Waals surface area contributed by atoms with Crippen LogP contribution in [0.1, 0.15) is 33.5 Å². The summed E-state index contributed by atoms with van der Waals surface area (Å²) in [5, 5.41) is 12.0. The first kappa shape index (κ1) is 17.7. The summed E-state index contributed by atoms with van der Waals surface area (Å²) in [5.74, 6) is -1.08. The lowest BCUT2D eigenvalue weighted by Gasteiger charge is -2.10. The lowest BCUT2D eigenvalue weighted by Crippen LogP contribution is -2.24. The van der Waals surface area contributed by atoms with E-state index in [-0.39, 0.29) is 17.9 Å². The maximum Gasteiger partial charge on any atom is 0.335 e. The van der Waals surface area contributed by atoms with Crippen LogP contribution in [-0.4, -0.2) is 24.1 Å². The molecule has 2 aromatic carbocycles. The maximum atomic E-state index is 12.1. The fourth-order valence-electron chi connectivity index (χ4n) is 2.50. The molecule has 0 aliphatic carbocycles. The van der Waals surface area contributed by atoms with Crippen LogP contribution in [0.25, 0.3) is 0 Å². The van der Waals surface area contributed by atoms with E-state index >= 15 is 0 Å². The van der Waals surface area contributed by atoms with Crippen molar-refractivity contribution in [3.63, 3.8) is 0 Å². The first-order chi connectivity index (χ1) is 11.6. The molecule has 0 aromatic heterocycles. The molecule has 2 rings (SSSR count). The Morgan fingerprint density at radius 3 is 2.29 bits per heavy atom. The van der Waals surface area contributed by atoms with Gasteiger partial charge in [0, 0.05) is 20.1 Å². The molecule has 0 fully saturated rings. The number of rotatable bonds is 8. The van der Waals surface area contributed by atoms with Gasteiger partial charge in [-0.15, -0.1) is 0 Å². The van der Waals surface area contributed by atoms with Crippen LogP contribution in [-0.2, 0) is 29.1 Å². The summed E-state index contributed by atoms with van der Waals surface area (Å²) in [7, 11) is 1.63. The number of carboxylic acid groups (broad SMARTS) is 1. The number of hydrogen-bond donors (Lipinski definition) is 2. The van der Waals surface area contributed by atoms with Crippen molar-refractivity contribution in [3.8, 4) is 0 Å². The van der Waals surface area contributed by atoms with E-state index in [4.69, 9.17) is 9.84 Å². The number of amides is 1. The van der Waals surface area contributed by atoms with Gasteiger partial charge >= 0.3 is 5.97 Å². The molecule has 0 saturated heterocycles. The predicted molar refractivity (Wildman–Crippen MR) is 90.7 cm³/mol. The second-order valence-electron chi connectivity index (χ2n) is 5.44. The van der Waals surface area contributed by atoms with Crippen molar-refractivity contribution in [1.82, 2.24) is 5.32 Å². The minimum atomic E-state index is -0.973. The lowest BCUT2D eigenvalue weighted by atomic mass is 10.0. The molecule has 1 amide bonds. The molecule has 0 aliphatic heterocycles. The maximum absolute atomic E-state index is 12.1. The molecule has 0 heterocycles. The lowest BCUT2D eigenvalue weighted by molar-refractivity contribution is -0.121. The van der Waals surface area contributed by atoms with Gasteiger partial charge in [0.25, 0.3) is 0 Å². The van der Waals surface area contributed by atoms with Gasteiger partial charge in [0.2, 0.25) is 5.91 Å². The Balaban J connectivity index is 1.90. The Hall–Kier alpha value is -2.66. The van der Waals surface area contributed by atoms with Crippen LogP contribution < -0.4 is 5.32 Å². The summed E-state index contributed by atoms with van der Waals surface area (Å²) in [6, 6.07) is 14.5. The third-order valence-corrected chi connectivity index (χ3v) is 3.76. The molecule has 24 heavy (non-hydrogen) atoms. The number of aryl methyl sites for hydroxylation is 1. The number of methoxy groups -OCH3 is 1. The smallest absolute Gasteiger partial charge is 0.335 e. The van der Waals surface area contributed by atoms with E-state index < -0.39 is 5.97 Å². The summed E-state index contributed by atoms with van der Waals surface area (Å²) < 4.78 is 5.15. The number of carbonyl (C=O) groups excluding carboxylic acids is 1. The molecule has 0 atom stereocenters. The molecule has 126 valence electrons. The van der Waals surface area contributed by atoms with Crippen molar-refractivity contribution in [2.45, 2.75) is 26.0 Å². The molecule has 0 radical (unpaired) electrons. The summed E-state index contributed by atoms with van der Waals surface area (Å²) in [5.41, 5.74) is 2.96. The van der Waals surface area contributed by atoms with Gasteiger partial charge < -0.3 is 15.2 Å². The van der Waals surface area contributed by atoms with Gasteiger partial charge in [-0.3, -0.25) is 4.79 Å². The van der Waals surface area contributed by atoms with Gasteiger partial charge in [0.05, 0.1) is 12.2 Å². The second kappa shape index (κ2) is 8.84. The van der Waals surface area contributed by atoms with Crippen molar-refractivity contribution >= 4 is 11.9 Å². The van der Waals surface area contributed by atoms with Crippen LogP contribution >= 0.6 is 0 Å². The van der Waals surface area contributed by atoms with Gasteiger partial charge in [-0.25, -0.2) is 4.79 Å². The van der Waals surface area contributed by atoms with E-state index in [1.165, 1.54) is 0 Å². The van der Waals surface area contributed by atoms with Crippen molar-refractivity contribution in [2.24, 2.45) is 0 Å². The van der Waals surface area contributed by atoms with Crippen LogP contribution in [0.3, 0.4) is 0 Å². The highest BCUT2D eigenvalue weighted by molar-refractivity contribution is 5.89. The highest BCUT2D eigenvalue weighted by Crippen LogP contribution is 2.12. The molecule has 2 aromatic rings. The number of carbonyl (C=O) groups is 2. The number of hydrogen-bond acceptors (Lipinski definition) is 3. The van der Waals surface area contributed by atoms with Crippen LogP contribution in [0.5, 0.6) is 0 Å². The first-order valence-electron chi connectivity index (χ1n) is 7.75.